The van der Waals surface area contributed by atoms with Gasteiger partial charge in [0, 0.05) is 0 Å². The van der Waals surface area contributed by atoms with Crippen molar-refractivity contribution in [2.24, 2.45) is 0 Å². The molecule has 8 rings (SSSR count). The Bertz CT molecular complexity index is 1960. The van der Waals surface area contributed by atoms with Gasteiger partial charge in [0.25, 0.3) is 0 Å². The van der Waals surface area contributed by atoms with Gasteiger partial charge in [0.2, 0.25) is 0 Å². The van der Waals surface area contributed by atoms with Crippen molar-refractivity contribution in [3.63, 3.8) is 0 Å². The predicted octanol–water partition coefficient (Wildman–Crippen LogP) is 7.16. The number of ketones is 2. The van der Waals surface area contributed by atoms with Crippen LogP contribution in [0.5, 0.6) is 0 Å². The first kappa shape index (κ1) is 20.7. The van der Waals surface area contributed by atoms with Crippen LogP contribution in [-0.4, -0.2) is 30.6 Å². The summed E-state index contributed by atoms with van der Waals surface area (Å²) in [4.78, 5) is 26.7. The first-order chi connectivity index (χ1) is 17.4. The molecule has 0 unspecified atom stereocenters. The van der Waals surface area contributed by atoms with Crippen molar-refractivity contribution >= 4 is 75.4 Å². The zero-order chi connectivity index (χ0) is 24.3. The number of allylic oxidation sites excluding steroid dienone is 1. The van der Waals surface area contributed by atoms with E-state index in [1.54, 1.807) is 11.3 Å². The van der Waals surface area contributed by atoms with Gasteiger partial charge < -0.3 is 0 Å². The number of carbonyl (C=O) groups excluding carboxylic acids is 2. The second-order valence-corrected chi connectivity index (χ2v) is 13.3. The summed E-state index contributed by atoms with van der Waals surface area (Å²) in [5.74, 6) is -0.302. The van der Waals surface area contributed by atoms with E-state index < -0.39 is 0 Å². The van der Waals surface area contributed by atoms with Crippen molar-refractivity contribution in [1.29, 1.82) is 0 Å². The molecule has 0 radical (unpaired) electrons. The number of hydrogen-bond acceptors (Lipinski definition) is 3. The van der Waals surface area contributed by atoms with E-state index >= 15 is 0 Å². The maximum absolute atomic E-state index is 13.3. The normalized spacial score (nSPS) is 17.0. The van der Waals surface area contributed by atoms with Crippen LogP contribution < -0.4 is 0 Å². The van der Waals surface area contributed by atoms with Gasteiger partial charge in [0.1, 0.15) is 0 Å². The molecular formula is C31H19NO2SSe. The van der Waals surface area contributed by atoms with E-state index in [2.05, 4.69) is 66.9 Å². The fourth-order valence-electron chi connectivity index (χ4n) is 6.02. The van der Waals surface area contributed by atoms with Crippen molar-refractivity contribution in [3.05, 3.63) is 104 Å². The van der Waals surface area contributed by atoms with Gasteiger partial charge in [0.15, 0.2) is 0 Å². The molecule has 3 aromatic carbocycles. The van der Waals surface area contributed by atoms with E-state index in [-0.39, 0.29) is 31.5 Å². The van der Waals surface area contributed by atoms with Crippen molar-refractivity contribution in [2.75, 3.05) is 0 Å². The average molecular weight is 549 g/mol. The van der Waals surface area contributed by atoms with E-state index in [1.165, 1.54) is 37.5 Å². The van der Waals surface area contributed by atoms with Crippen LogP contribution in [0.25, 0.3) is 42.5 Å². The van der Waals surface area contributed by atoms with E-state index in [0.717, 1.165) is 14.5 Å². The fourth-order valence-corrected chi connectivity index (χ4v) is 9.52. The summed E-state index contributed by atoms with van der Waals surface area (Å²) < 4.78 is 5.86. The van der Waals surface area contributed by atoms with Crippen LogP contribution >= 0.6 is 11.3 Å². The fraction of sp³-hybridized carbons (Fsp3) is 0.0968. The topological polar surface area (TPSA) is 39.1 Å². The first-order valence-electron chi connectivity index (χ1n) is 11.9. The summed E-state index contributed by atoms with van der Waals surface area (Å²) in [7, 11) is 0. The number of nitrogens with zero attached hydrogens (tertiary/aromatic N) is 1. The van der Waals surface area contributed by atoms with Crippen molar-refractivity contribution in [3.8, 4) is 4.56 Å². The van der Waals surface area contributed by atoms with Crippen molar-refractivity contribution in [2.45, 2.75) is 19.3 Å². The van der Waals surface area contributed by atoms with Crippen LogP contribution in [0.2, 0.25) is 0 Å². The predicted molar refractivity (Wildman–Crippen MR) is 148 cm³/mol. The van der Waals surface area contributed by atoms with Crippen molar-refractivity contribution in [1.82, 2.24) is 4.57 Å². The minimum atomic E-state index is -0.168. The Morgan fingerprint density at radius 3 is 2.50 bits per heavy atom. The van der Waals surface area contributed by atoms with Gasteiger partial charge >= 0.3 is 218 Å². The standard InChI is InChI=1S/C31H19NO2SSe/c1-31(2)23-8-5-7-19-18-6-3-4-9-25(18)32(27(19)23)30-24(31)14-17(36-30)13-22-28(33)20-12-16-10-11-35-26(16)15-21(20)29(22)34/h3-15H,1-2H3/b22-13-. The van der Waals surface area contributed by atoms with Crippen LogP contribution in [-0.2, 0) is 5.41 Å². The average Bonchev–Trinajstić information content (AvgIpc) is 3.63. The van der Waals surface area contributed by atoms with Gasteiger partial charge in [0.05, 0.1) is 0 Å². The number of aromatic nitrogens is 1. The molecule has 0 spiro atoms. The number of carbonyl (C=O) groups is 2. The maximum atomic E-state index is 13.3. The molecule has 2 aliphatic rings. The summed E-state index contributed by atoms with van der Waals surface area (Å²) in [6.45, 7) is 4.57. The quantitative estimate of drug-likeness (QED) is 0.124. The molecule has 3 aromatic heterocycles. The number of fused-ring (bicyclic) bond motifs is 7. The molecule has 0 bridgehead atoms. The Hall–Kier alpha value is -3.50. The molecule has 0 fully saturated rings. The second kappa shape index (κ2) is 6.83. The molecular weight excluding hydrogens is 529 g/mol. The molecule has 0 saturated carbocycles. The summed E-state index contributed by atoms with van der Waals surface area (Å²) >= 11 is 1.57. The third-order valence-corrected chi connectivity index (χ3v) is 11.0. The summed E-state index contributed by atoms with van der Waals surface area (Å²) in [5.41, 5.74) is 6.30. The molecule has 0 N–H and O–H groups in total. The zero-order valence-electron chi connectivity index (χ0n) is 19.6. The summed E-state index contributed by atoms with van der Waals surface area (Å²) in [6.07, 6.45) is 1.88. The Kier molecular flexibility index (Phi) is 3.92. The van der Waals surface area contributed by atoms with Crippen molar-refractivity contribution < 1.29 is 9.59 Å². The van der Waals surface area contributed by atoms with E-state index in [0.29, 0.717) is 16.7 Å². The van der Waals surface area contributed by atoms with Crippen LogP contribution in [0.3, 0.4) is 0 Å². The Morgan fingerprint density at radius 2 is 1.64 bits per heavy atom. The molecule has 3 nitrogen and oxygen atoms in total. The SMILES string of the molecule is CC1(C)c2cc(/C=C3/C(=O)c4cc5ccsc5cc4C3=O)[se]c2-n2c3ccccc3c3cccc1c32. The van der Waals surface area contributed by atoms with E-state index in [9.17, 15) is 9.59 Å². The number of thiophene rings is 1. The van der Waals surface area contributed by atoms with Crippen LogP contribution in [0, 0.1) is 0 Å². The van der Waals surface area contributed by atoms with Gasteiger partial charge in [-0.05, 0) is 0 Å². The third kappa shape index (κ3) is 2.48. The molecule has 0 atom stereocenters. The van der Waals surface area contributed by atoms with Crippen LogP contribution in [0.15, 0.2) is 77.7 Å². The summed E-state index contributed by atoms with van der Waals surface area (Å²) in [5, 5.41) is 5.56. The third-order valence-electron chi connectivity index (χ3n) is 7.83. The summed E-state index contributed by atoms with van der Waals surface area (Å²) in [6, 6.07) is 23.2. The van der Waals surface area contributed by atoms with Gasteiger partial charge in [-0.1, -0.05) is 0 Å². The Labute approximate surface area is 217 Å². The van der Waals surface area contributed by atoms with Gasteiger partial charge in [-0.15, -0.1) is 0 Å². The van der Waals surface area contributed by atoms with E-state index in [1.807, 2.05) is 29.7 Å². The van der Waals surface area contributed by atoms with Crippen LogP contribution in [0.4, 0.5) is 0 Å². The molecule has 0 saturated heterocycles. The molecule has 5 heteroatoms. The zero-order valence-corrected chi connectivity index (χ0v) is 22.1. The number of rotatable bonds is 1. The number of para-hydroxylation sites is 2. The van der Waals surface area contributed by atoms with E-state index in [4.69, 9.17) is 0 Å². The molecule has 0 amide bonds. The second-order valence-electron chi connectivity index (χ2n) is 10.1. The number of hydrogen-bond donors (Lipinski definition) is 0. The number of Topliss-reactive ketones (excluding diaryl/α,β-unsaturated/α-hetero) is 2. The molecule has 1 aliphatic carbocycles. The molecule has 4 heterocycles. The van der Waals surface area contributed by atoms with Gasteiger partial charge in [-0.3, -0.25) is 0 Å². The number of benzene rings is 3. The monoisotopic (exact) mass is 549 g/mol. The first-order valence-corrected chi connectivity index (χ1v) is 14.5. The van der Waals surface area contributed by atoms with Crippen LogP contribution in [0.1, 0.15) is 50.1 Å². The Morgan fingerprint density at radius 1 is 0.861 bits per heavy atom. The van der Waals surface area contributed by atoms with Gasteiger partial charge in [-0.25, -0.2) is 0 Å². The molecule has 6 aromatic rings. The minimum absolute atomic E-state index is 0.0302. The Balaban J connectivity index is 1.35. The molecule has 36 heavy (non-hydrogen) atoms. The van der Waals surface area contributed by atoms with Gasteiger partial charge in [-0.2, -0.15) is 0 Å². The molecule has 172 valence electrons. The molecule has 1 aliphatic heterocycles.